The molecule has 5 N–H and O–H groups in total. The van der Waals surface area contributed by atoms with Crippen molar-refractivity contribution < 1.29 is 39.7 Å². The van der Waals surface area contributed by atoms with Crippen LogP contribution in [-0.4, -0.2) is 81.9 Å². The highest BCUT2D eigenvalue weighted by molar-refractivity contribution is 5.81. The number of rotatable bonds is 12. The number of ether oxygens (including phenoxy) is 2. The number of carbonyl (C=O) groups is 2. The summed E-state index contributed by atoms with van der Waals surface area (Å²) in [5.74, 6) is -1.97. The number of aliphatic carboxylic acids is 1. The molecule has 0 aromatic carbocycles. The zero-order valence-corrected chi connectivity index (χ0v) is 15.0. The van der Waals surface area contributed by atoms with Gasteiger partial charge in [-0.25, -0.2) is 0 Å². The van der Waals surface area contributed by atoms with Gasteiger partial charge in [-0.2, -0.15) is 0 Å². The number of carboxylic acids is 1. The first-order chi connectivity index (χ1) is 11.2. The van der Waals surface area contributed by atoms with Gasteiger partial charge < -0.3 is 40.2 Å². The number of hydrogen-bond donors (Lipinski definition) is 4. The highest BCUT2D eigenvalue weighted by atomic mass is 16.5. The maximum atomic E-state index is 11.2. The highest BCUT2D eigenvalue weighted by Gasteiger charge is 2.32. The van der Waals surface area contributed by atoms with Gasteiger partial charge in [0.25, 0.3) is 0 Å². The van der Waals surface area contributed by atoms with Crippen LogP contribution < -0.4 is 15.7 Å². The third kappa shape index (κ3) is 14.3. The van der Waals surface area contributed by atoms with Crippen LogP contribution >= 0.6 is 0 Å². The Hall–Kier alpha value is -1.26. The van der Waals surface area contributed by atoms with Crippen LogP contribution in [0.3, 0.4) is 0 Å². The molecule has 144 valence electrons. The van der Waals surface area contributed by atoms with Crippen LogP contribution in [0, 0.1) is 5.41 Å². The maximum Gasteiger partial charge on any atom is 0.249 e. The monoisotopic (exact) mass is 352 g/mol. The van der Waals surface area contributed by atoms with E-state index in [0.29, 0.717) is 0 Å². The Morgan fingerprint density at radius 2 is 1.71 bits per heavy atom. The van der Waals surface area contributed by atoms with E-state index in [1.807, 2.05) is 0 Å². The molecule has 0 fully saturated rings. The van der Waals surface area contributed by atoms with Crippen LogP contribution in [0.4, 0.5) is 0 Å². The summed E-state index contributed by atoms with van der Waals surface area (Å²) >= 11 is 0. The van der Waals surface area contributed by atoms with E-state index in [4.69, 9.17) is 14.6 Å². The lowest BCUT2D eigenvalue weighted by Gasteiger charge is -2.27. The average Bonchev–Trinajstić information content (AvgIpc) is 2.54. The molecule has 1 atom stereocenters. The number of carboxylic acid groups (broad SMARTS) is 1. The molecule has 0 aliphatic rings. The summed E-state index contributed by atoms with van der Waals surface area (Å²) in [7, 11) is 3.42. The lowest BCUT2D eigenvalue weighted by Crippen LogP contribution is -2.86. The van der Waals surface area contributed by atoms with E-state index in [1.165, 1.54) is 13.8 Å². The van der Waals surface area contributed by atoms with Gasteiger partial charge in [0.1, 0.15) is 6.10 Å². The summed E-state index contributed by atoms with van der Waals surface area (Å²) < 4.78 is 9.70. The Kier molecular flexibility index (Phi) is 15.9. The predicted octanol–water partition coefficient (Wildman–Crippen LogP) is -3.54. The standard InChI is InChI=1S/C9H17NO5.C6H15NO2/c1-9(2,5-11)7(14)8(15)10-4-3-6(12)13;1-8-5-3-7-4-6-9-2/h7,11,14H,3-5H2,1-2H3,(H,10,15)(H,12,13);7H,3-6H2,1-2H3/t7-;/m0./s1. The minimum absolute atomic E-state index is 0.0975. The molecule has 0 aromatic heterocycles. The van der Waals surface area contributed by atoms with E-state index in [-0.39, 0.29) is 19.6 Å². The highest BCUT2D eigenvalue weighted by Crippen LogP contribution is 2.19. The maximum absolute atomic E-state index is 11.2. The van der Waals surface area contributed by atoms with Crippen molar-refractivity contribution in [1.82, 2.24) is 5.32 Å². The van der Waals surface area contributed by atoms with Gasteiger partial charge in [-0.05, 0) is 0 Å². The molecule has 0 saturated heterocycles. The molecular weight excluding hydrogens is 320 g/mol. The number of aliphatic hydroxyl groups is 2. The van der Waals surface area contributed by atoms with Crippen molar-refractivity contribution in [3.8, 4) is 0 Å². The van der Waals surface area contributed by atoms with E-state index in [1.54, 1.807) is 14.2 Å². The van der Waals surface area contributed by atoms with Gasteiger partial charge >= 0.3 is 0 Å². The number of methoxy groups -OCH3 is 2. The first kappa shape index (κ1) is 25.0. The molecule has 0 aliphatic heterocycles. The van der Waals surface area contributed by atoms with Gasteiger partial charge in [-0.3, -0.25) is 4.79 Å². The second-order valence-corrected chi connectivity index (χ2v) is 5.81. The van der Waals surface area contributed by atoms with Gasteiger partial charge in [-0.1, -0.05) is 13.8 Å². The molecule has 9 nitrogen and oxygen atoms in total. The molecule has 0 aliphatic carbocycles. The van der Waals surface area contributed by atoms with Crippen LogP contribution in [0.2, 0.25) is 0 Å². The van der Waals surface area contributed by atoms with Crippen molar-refractivity contribution in [2.75, 3.05) is 53.7 Å². The van der Waals surface area contributed by atoms with Crippen LogP contribution in [-0.2, 0) is 19.1 Å². The third-order valence-corrected chi connectivity index (χ3v) is 3.08. The molecule has 0 radical (unpaired) electrons. The predicted molar refractivity (Wildman–Crippen MR) is 84.9 cm³/mol. The largest absolute Gasteiger partial charge is 0.550 e. The summed E-state index contributed by atoms with van der Waals surface area (Å²) in [5, 5.41) is 32.8. The van der Waals surface area contributed by atoms with Crippen molar-refractivity contribution in [2.24, 2.45) is 5.41 Å². The number of aliphatic hydroxyl groups excluding tert-OH is 2. The Balaban J connectivity index is 0. The van der Waals surface area contributed by atoms with E-state index in [9.17, 15) is 19.8 Å². The van der Waals surface area contributed by atoms with Gasteiger partial charge in [0, 0.05) is 38.6 Å². The molecule has 1 amide bonds. The van der Waals surface area contributed by atoms with Crippen LogP contribution in [0.25, 0.3) is 0 Å². The number of quaternary nitrogens is 1. The summed E-state index contributed by atoms with van der Waals surface area (Å²) in [5.41, 5.74) is -0.953. The van der Waals surface area contributed by atoms with E-state index >= 15 is 0 Å². The summed E-state index contributed by atoms with van der Waals surface area (Å²) in [6.45, 7) is 6.31. The fourth-order valence-corrected chi connectivity index (χ4v) is 1.37. The fourth-order valence-electron chi connectivity index (χ4n) is 1.37. The lowest BCUT2D eigenvalue weighted by atomic mass is 9.87. The molecule has 0 rings (SSSR count). The zero-order valence-electron chi connectivity index (χ0n) is 15.0. The van der Waals surface area contributed by atoms with Gasteiger partial charge in [0.15, 0.2) is 0 Å². The Labute approximate surface area is 143 Å². The second-order valence-electron chi connectivity index (χ2n) is 5.81. The van der Waals surface area contributed by atoms with Gasteiger partial charge in [-0.15, -0.1) is 0 Å². The molecule has 0 unspecified atom stereocenters. The van der Waals surface area contributed by atoms with Crippen LogP contribution in [0.15, 0.2) is 0 Å². The zero-order chi connectivity index (χ0) is 19.0. The average molecular weight is 352 g/mol. The number of nitrogens with two attached hydrogens (primary N) is 1. The molecule has 9 heteroatoms. The Morgan fingerprint density at radius 1 is 1.21 bits per heavy atom. The molecule has 0 saturated carbocycles. The number of hydrogen-bond acceptors (Lipinski definition) is 7. The molecule has 0 heterocycles. The quantitative estimate of drug-likeness (QED) is 0.266. The second kappa shape index (κ2) is 15.3. The minimum atomic E-state index is -1.37. The fraction of sp³-hybridized carbons (Fsp3) is 0.867. The summed E-state index contributed by atoms with van der Waals surface area (Å²) in [6, 6.07) is 0. The molecule has 0 spiro atoms. The SMILES string of the molecule is CC(C)(CO)[C@@H](O)C(=O)NCCC(=O)[O-].COCC[NH2+]CCOC. The van der Waals surface area contributed by atoms with Crippen molar-refractivity contribution in [1.29, 1.82) is 0 Å². The van der Waals surface area contributed by atoms with Crippen LogP contribution in [0.5, 0.6) is 0 Å². The summed E-state index contributed by atoms with van der Waals surface area (Å²) in [4.78, 5) is 21.3. The van der Waals surface area contributed by atoms with E-state index in [2.05, 4.69) is 10.6 Å². The van der Waals surface area contributed by atoms with Gasteiger partial charge in [0.2, 0.25) is 5.91 Å². The number of amides is 1. The first-order valence-electron chi connectivity index (χ1n) is 7.79. The first-order valence-corrected chi connectivity index (χ1v) is 7.79. The Bertz CT molecular complexity index is 332. The minimum Gasteiger partial charge on any atom is -0.550 e. The molecular formula is C15H32N2O7. The van der Waals surface area contributed by atoms with E-state index < -0.39 is 23.4 Å². The normalized spacial score (nSPS) is 12.1. The number of nitrogens with one attached hydrogen (secondary N) is 1. The molecule has 0 bridgehead atoms. The van der Waals surface area contributed by atoms with Crippen molar-refractivity contribution in [3.63, 3.8) is 0 Å². The molecule has 24 heavy (non-hydrogen) atoms. The van der Waals surface area contributed by atoms with E-state index in [0.717, 1.165) is 26.3 Å². The van der Waals surface area contributed by atoms with Gasteiger partial charge in [0.05, 0.1) is 32.9 Å². The van der Waals surface area contributed by atoms with Crippen molar-refractivity contribution in [3.05, 3.63) is 0 Å². The smallest absolute Gasteiger partial charge is 0.249 e. The number of carbonyl (C=O) groups excluding carboxylic acids is 2. The molecule has 0 aromatic rings. The third-order valence-electron chi connectivity index (χ3n) is 3.08. The van der Waals surface area contributed by atoms with Crippen molar-refractivity contribution >= 4 is 11.9 Å². The van der Waals surface area contributed by atoms with Crippen LogP contribution in [0.1, 0.15) is 20.3 Å². The van der Waals surface area contributed by atoms with Crippen molar-refractivity contribution in [2.45, 2.75) is 26.4 Å². The topological polar surface area (TPSA) is 145 Å². The Morgan fingerprint density at radius 3 is 2.08 bits per heavy atom. The summed E-state index contributed by atoms with van der Waals surface area (Å²) in [6.07, 6.45) is -1.68. The lowest BCUT2D eigenvalue weighted by molar-refractivity contribution is -0.657.